The van der Waals surface area contributed by atoms with Crippen LogP contribution in [0.1, 0.15) is 40.0 Å². The van der Waals surface area contributed by atoms with Crippen LogP contribution in [-0.2, 0) is 0 Å². The van der Waals surface area contributed by atoms with Crippen molar-refractivity contribution in [2.24, 2.45) is 0 Å². The summed E-state index contributed by atoms with van der Waals surface area (Å²) in [6.07, 6.45) is 2.81. The Hall–Kier alpha value is -1.39. The van der Waals surface area contributed by atoms with Gasteiger partial charge in [0.05, 0.1) is 22.8 Å². The molecule has 20 heavy (non-hydrogen) atoms. The lowest BCUT2D eigenvalue weighted by molar-refractivity contribution is 0.302. The van der Waals surface area contributed by atoms with Gasteiger partial charge in [-0.05, 0) is 51.4 Å². The number of ether oxygens (including phenoxy) is 1. The molecular weight excluding hydrogens is 268 g/mol. The molecule has 1 saturated carbocycles. The maximum absolute atomic E-state index is 5.89. The summed E-state index contributed by atoms with van der Waals surface area (Å²) in [5, 5.41) is 4.51. The summed E-state index contributed by atoms with van der Waals surface area (Å²) >= 11 is 1.76. The number of hydrogen-bond acceptors (Lipinski definition) is 4. The molecule has 3 nitrogen and oxygen atoms in total. The van der Waals surface area contributed by atoms with E-state index in [1.54, 1.807) is 11.3 Å². The Balaban J connectivity index is 1.90. The van der Waals surface area contributed by atoms with E-state index in [0.717, 1.165) is 16.5 Å². The molecule has 0 bridgehead atoms. The fourth-order valence-electron chi connectivity index (χ4n) is 2.41. The molecule has 0 amide bonds. The molecule has 1 aliphatic rings. The third-order valence-corrected chi connectivity index (χ3v) is 4.65. The number of thiazole rings is 1. The van der Waals surface area contributed by atoms with Gasteiger partial charge in [0.25, 0.3) is 0 Å². The van der Waals surface area contributed by atoms with Gasteiger partial charge in [-0.1, -0.05) is 12.1 Å². The highest BCUT2D eigenvalue weighted by molar-refractivity contribution is 7.11. The second-order valence-electron chi connectivity index (χ2n) is 5.29. The molecule has 0 spiro atoms. The Morgan fingerprint density at radius 2 is 2.15 bits per heavy atom. The Morgan fingerprint density at radius 1 is 1.35 bits per heavy atom. The first-order valence-electron chi connectivity index (χ1n) is 7.05. The van der Waals surface area contributed by atoms with Crippen LogP contribution >= 0.6 is 11.3 Å². The SMILES string of the molecule is CNC(c1cccc(OC2CC2)c1)c1sc(C)nc1C. The largest absolute Gasteiger partial charge is 0.490 e. The number of nitrogens with zero attached hydrogens (tertiary/aromatic N) is 1. The molecule has 1 N–H and O–H groups in total. The second-order valence-corrected chi connectivity index (χ2v) is 6.53. The number of aryl methyl sites for hydroxylation is 2. The van der Waals surface area contributed by atoms with E-state index in [4.69, 9.17) is 4.74 Å². The molecule has 1 heterocycles. The van der Waals surface area contributed by atoms with Crippen LogP contribution < -0.4 is 10.1 Å². The van der Waals surface area contributed by atoms with E-state index < -0.39 is 0 Å². The van der Waals surface area contributed by atoms with Crippen molar-refractivity contribution in [3.63, 3.8) is 0 Å². The van der Waals surface area contributed by atoms with Gasteiger partial charge < -0.3 is 10.1 Å². The average Bonchev–Trinajstić information content (AvgIpc) is 3.16. The van der Waals surface area contributed by atoms with Gasteiger partial charge >= 0.3 is 0 Å². The summed E-state index contributed by atoms with van der Waals surface area (Å²) in [4.78, 5) is 5.82. The van der Waals surface area contributed by atoms with E-state index in [1.807, 2.05) is 13.1 Å². The van der Waals surface area contributed by atoms with Crippen molar-refractivity contribution >= 4 is 11.3 Å². The monoisotopic (exact) mass is 288 g/mol. The van der Waals surface area contributed by atoms with Crippen LogP contribution in [-0.4, -0.2) is 18.1 Å². The van der Waals surface area contributed by atoms with E-state index in [1.165, 1.54) is 23.3 Å². The number of hydrogen-bond donors (Lipinski definition) is 1. The molecule has 1 fully saturated rings. The quantitative estimate of drug-likeness (QED) is 0.912. The van der Waals surface area contributed by atoms with Crippen molar-refractivity contribution < 1.29 is 4.74 Å². The van der Waals surface area contributed by atoms with E-state index in [0.29, 0.717) is 6.10 Å². The van der Waals surface area contributed by atoms with Crippen LogP contribution in [0.15, 0.2) is 24.3 Å². The van der Waals surface area contributed by atoms with Gasteiger partial charge in [0.1, 0.15) is 5.75 Å². The summed E-state index contributed by atoms with van der Waals surface area (Å²) in [7, 11) is 1.99. The van der Waals surface area contributed by atoms with Gasteiger partial charge in [-0.15, -0.1) is 11.3 Å². The van der Waals surface area contributed by atoms with Crippen LogP contribution in [0.4, 0.5) is 0 Å². The van der Waals surface area contributed by atoms with Crippen LogP contribution in [0.3, 0.4) is 0 Å². The Bertz CT molecular complexity index is 604. The van der Waals surface area contributed by atoms with E-state index >= 15 is 0 Å². The molecule has 1 aromatic heterocycles. The zero-order chi connectivity index (χ0) is 14.1. The maximum Gasteiger partial charge on any atom is 0.120 e. The number of rotatable bonds is 5. The van der Waals surface area contributed by atoms with Gasteiger partial charge in [-0.3, -0.25) is 0 Å². The van der Waals surface area contributed by atoms with Gasteiger partial charge in [-0.2, -0.15) is 0 Å². The Kier molecular flexibility index (Phi) is 3.76. The second kappa shape index (κ2) is 5.54. The Morgan fingerprint density at radius 3 is 2.75 bits per heavy atom. The molecule has 3 rings (SSSR count). The van der Waals surface area contributed by atoms with Gasteiger partial charge in [0.15, 0.2) is 0 Å². The fraction of sp³-hybridized carbons (Fsp3) is 0.438. The minimum Gasteiger partial charge on any atom is -0.490 e. The highest BCUT2D eigenvalue weighted by Gasteiger charge is 2.24. The smallest absolute Gasteiger partial charge is 0.120 e. The first-order valence-corrected chi connectivity index (χ1v) is 7.87. The minimum absolute atomic E-state index is 0.184. The van der Waals surface area contributed by atoms with E-state index in [2.05, 4.69) is 42.3 Å². The predicted octanol–water partition coefficient (Wildman–Crippen LogP) is 3.61. The fourth-order valence-corrected chi connectivity index (χ4v) is 3.48. The molecule has 1 unspecified atom stereocenters. The van der Waals surface area contributed by atoms with Crippen LogP contribution in [0.2, 0.25) is 0 Å². The summed E-state index contributed by atoms with van der Waals surface area (Å²) in [5.41, 5.74) is 2.35. The van der Waals surface area contributed by atoms with Gasteiger partial charge in [0.2, 0.25) is 0 Å². The highest BCUT2D eigenvalue weighted by atomic mass is 32.1. The number of nitrogens with one attached hydrogen (secondary N) is 1. The lowest BCUT2D eigenvalue weighted by atomic mass is 10.0. The third-order valence-electron chi connectivity index (χ3n) is 3.51. The minimum atomic E-state index is 0.184. The molecule has 1 aromatic carbocycles. The summed E-state index contributed by atoms with van der Waals surface area (Å²) in [5.74, 6) is 0.976. The van der Waals surface area contributed by atoms with Crippen molar-refractivity contribution in [2.75, 3.05) is 7.05 Å². The normalized spacial score (nSPS) is 16.1. The van der Waals surface area contributed by atoms with E-state index in [9.17, 15) is 0 Å². The van der Waals surface area contributed by atoms with Crippen molar-refractivity contribution in [2.45, 2.75) is 38.8 Å². The zero-order valence-corrected chi connectivity index (χ0v) is 13.0. The van der Waals surface area contributed by atoms with Crippen molar-refractivity contribution in [1.29, 1.82) is 0 Å². The molecule has 1 atom stereocenters. The summed E-state index contributed by atoms with van der Waals surface area (Å²) in [6, 6.07) is 8.59. The topological polar surface area (TPSA) is 34.1 Å². The molecule has 2 aromatic rings. The standard InChI is InChI=1S/C16H20N2OS/c1-10-16(20-11(2)18-10)15(17-3)12-5-4-6-14(9-12)19-13-7-8-13/h4-6,9,13,15,17H,7-8H2,1-3H3. The van der Waals surface area contributed by atoms with Crippen LogP contribution in [0.5, 0.6) is 5.75 Å². The van der Waals surface area contributed by atoms with Crippen molar-refractivity contribution in [3.8, 4) is 5.75 Å². The van der Waals surface area contributed by atoms with Crippen LogP contribution in [0.25, 0.3) is 0 Å². The first-order chi connectivity index (χ1) is 9.67. The average molecular weight is 288 g/mol. The third kappa shape index (κ3) is 2.86. The lowest BCUT2D eigenvalue weighted by Gasteiger charge is -2.17. The Labute approximate surface area is 124 Å². The summed E-state index contributed by atoms with van der Waals surface area (Å²) < 4.78 is 5.89. The summed E-state index contributed by atoms with van der Waals surface area (Å²) in [6.45, 7) is 4.13. The highest BCUT2D eigenvalue weighted by Crippen LogP contribution is 2.33. The van der Waals surface area contributed by atoms with E-state index in [-0.39, 0.29) is 6.04 Å². The molecule has 0 saturated heterocycles. The van der Waals surface area contributed by atoms with Gasteiger partial charge in [-0.25, -0.2) is 4.98 Å². The zero-order valence-electron chi connectivity index (χ0n) is 12.1. The molecule has 106 valence electrons. The molecule has 0 radical (unpaired) electrons. The number of aromatic nitrogens is 1. The first kappa shape index (κ1) is 13.6. The number of benzene rings is 1. The molecule has 0 aliphatic heterocycles. The van der Waals surface area contributed by atoms with Crippen molar-refractivity contribution in [3.05, 3.63) is 45.4 Å². The molecule has 1 aliphatic carbocycles. The predicted molar refractivity (Wildman–Crippen MR) is 82.6 cm³/mol. The van der Waals surface area contributed by atoms with Gasteiger partial charge in [0, 0.05) is 4.88 Å². The molecule has 4 heteroatoms. The molecular formula is C16H20N2OS. The lowest BCUT2D eigenvalue weighted by Crippen LogP contribution is -2.17. The van der Waals surface area contributed by atoms with Crippen molar-refractivity contribution in [1.82, 2.24) is 10.3 Å². The maximum atomic E-state index is 5.89. The van der Waals surface area contributed by atoms with Crippen LogP contribution in [0, 0.1) is 13.8 Å².